The molecule has 0 bridgehead atoms. The minimum atomic E-state index is 0.282. The number of aromatic nitrogens is 2. The lowest BCUT2D eigenvalue weighted by molar-refractivity contribution is 0.173. The molecule has 5 heteroatoms. The van der Waals surface area contributed by atoms with E-state index in [1.165, 1.54) is 0 Å². The van der Waals surface area contributed by atoms with Crippen molar-refractivity contribution >= 4 is 5.82 Å². The van der Waals surface area contributed by atoms with Crippen molar-refractivity contribution in [1.82, 2.24) is 9.78 Å². The molecule has 0 atom stereocenters. The molecule has 0 amide bonds. The van der Waals surface area contributed by atoms with Crippen LogP contribution in [0.15, 0.2) is 18.2 Å². The fourth-order valence-corrected chi connectivity index (χ4v) is 2.00. The summed E-state index contributed by atoms with van der Waals surface area (Å²) in [5, 5.41) is 4.36. The lowest BCUT2D eigenvalue weighted by atomic mass is 10.0. The van der Waals surface area contributed by atoms with Gasteiger partial charge in [0.05, 0.1) is 5.69 Å². The van der Waals surface area contributed by atoms with E-state index in [4.69, 9.17) is 15.2 Å². The molecule has 0 radical (unpaired) electrons. The molecular formula is C12H13N3O2. The zero-order chi connectivity index (χ0) is 12.0. The third kappa shape index (κ3) is 1.43. The van der Waals surface area contributed by atoms with Crippen LogP contribution in [0.25, 0.3) is 11.3 Å². The second kappa shape index (κ2) is 3.41. The van der Waals surface area contributed by atoms with E-state index in [0.717, 1.165) is 28.3 Å². The van der Waals surface area contributed by atoms with E-state index in [1.54, 1.807) is 4.68 Å². The van der Waals surface area contributed by atoms with Crippen molar-refractivity contribution < 1.29 is 9.47 Å². The molecule has 2 N–H and O–H groups in total. The Hall–Kier alpha value is -2.17. The molecular weight excluding hydrogens is 218 g/mol. The van der Waals surface area contributed by atoms with Gasteiger partial charge in [-0.05, 0) is 19.1 Å². The molecule has 5 nitrogen and oxygen atoms in total. The van der Waals surface area contributed by atoms with Crippen molar-refractivity contribution in [2.45, 2.75) is 6.92 Å². The van der Waals surface area contributed by atoms with Gasteiger partial charge in [0, 0.05) is 24.2 Å². The number of ether oxygens (including phenoxy) is 2. The average Bonchev–Trinajstić information content (AvgIpc) is 2.88. The highest BCUT2D eigenvalue weighted by Crippen LogP contribution is 2.40. The lowest BCUT2D eigenvalue weighted by Crippen LogP contribution is -1.96. The highest BCUT2D eigenvalue weighted by molar-refractivity contribution is 5.71. The van der Waals surface area contributed by atoms with Gasteiger partial charge in [0.2, 0.25) is 6.79 Å². The van der Waals surface area contributed by atoms with E-state index in [0.29, 0.717) is 5.82 Å². The Balaban J connectivity index is 2.15. The number of anilines is 1. The van der Waals surface area contributed by atoms with Crippen LogP contribution in [0.4, 0.5) is 5.82 Å². The Morgan fingerprint density at radius 2 is 2.18 bits per heavy atom. The van der Waals surface area contributed by atoms with Crippen molar-refractivity contribution in [1.29, 1.82) is 0 Å². The molecule has 0 saturated heterocycles. The van der Waals surface area contributed by atoms with Crippen molar-refractivity contribution in [2.75, 3.05) is 12.5 Å². The zero-order valence-corrected chi connectivity index (χ0v) is 9.73. The summed E-state index contributed by atoms with van der Waals surface area (Å²) < 4.78 is 12.4. The van der Waals surface area contributed by atoms with Gasteiger partial charge < -0.3 is 15.2 Å². The van der Waals surface area contributed by atoms with Gasteiger partial charge in [-0.1, -0.05) is 0 Å². The topological polar surface area (TPSA) is 62.3 Å². The number of nitrogens with two attached hydrogens (primary N) is 1. The molecule has 2 heterocycles. The number of hydrogen-bond donors (Lipinski definition) is 1. The van der Waals surface area contributed by atoms with Crippen LogP contribution in [0.1, 0.15) is 5.56 Å². The number of fused-ring (bicyclic) bond motifs is 1. The van der Waals surface area contributed by atoms with Crippen molar-refractivity contribution in [3.05, 3.63) is 23.8 Å². The summed E-state index contributed by atoms with van der Waals surface area (Å²) in [6, 6.07) is 5.73. The van der Waals surface area contributed by atoms with E-state index in [9.17, 15) is 0 Å². The lowest BCUT2D eigenvalue weighted by Gasteiger charge is -2.05. The van der Waals surface area contributed by atoms with E-state index >= 15 is 0 Å². The second-order valence-electron chi connectivity index (χ2n) is 4.05. The largest absolute Gasteiger partial charge is 0.454 e. The zero-order valence-electron chi connectivity index (χ0n) is 9.73. The van der Waals surface area contributed by atoms with E-state index in [-0.39, 0.29) is 6.79 Å². The smallest absolute Gasteiger partial charge is 0.231 e. The predicted molar refractivity (Wildman–Crippen MR) is 63.9 cm³/mol. The van der Waals surface area contributed by atoms with Gasteiger partial charge in [-0.3, -0.25) is 4.68 Å². The summed E-state index contributed by atoms with van der Waals surface area (Å²) in [4.78, 5) is 0. The van der Waals surface area contributed by atoms with Crippen molar-refractivity contribution in [2.24, 2.45) is 7.05 Å². The molecule has 17 heavy (non-hydrogen) atoms. The molecule has 0 spiro atoms. The van der Waals surface area contributed by atoms with E-state index in [2.05, 4.69) is 5.10 Å². The molecule has 0 aliphatic carbocycles. The number of nitrogens with zero attached hydrogens (tertiary/aromatic N) is 2. The minimum Gasteiger partial charge on any atom is -0.454 e. The SMILES string of the molecule is Cc1c(-c2cc(N)n(C)n2)ccc2c1OCO2. The van der Waals surface area contributed by atoms with Crippen LogP contribution in [0, 0.1) is 6.92 Å². The maximum absolute atomic E-state index is 5.79. The first-order chi connectivity index (χ1) is 8.16. The maximum atomic E-state index is 5.79. The predicted octanol–water partition coefficient (Wildman–Crippen LogP) is 1.71. The molecule has 1 aromatic carbocycles. The molecule has 0 saturated carbocycles. The summed E-state index contributed by atoms with van der Waals surface area (Å²) in [6.07, 6.45) is 0. The molecule has 3 rings (SSSR count). The second-order valence-corrected chi connectivity index (χ2v) is 4.05. The van der Waals surface area contributed by atoms with Crippen LogP contribution in [0.5, 0.6) is 11.5 Å². The number of nitrogen functional groups attached to an aromatic ring is 1. The van der Waals surface area contributed by atoms with E-state index in [1.807, 2.05) is 32.2 Å². The first-order valence-corrected chi connectivity index (χ1v) is 5.36. The van der Waals surface area contributed by atoms with Gasteiger partial charge in [-0.15, -0.1) is 0 Å². The normalized spacial score (nSPS) is 13.1. The summed E-state index contributed by atoms with van der Waals surface area (Å²) >= 11 is 0. The van der Waals surface area contributed by atoms with Crippen molar-refractivity contribution in [3.8, 4) is 22.8 Å². The molecule has 1 aliphatic heterocycles. The monoisotopic (exact) mass is 231 g/mol. The van der Waals surface area contributed by atoms with Gasteiger partial charge in [-0.25, -0.2) is 0 Å². The summed E-state index contributed by atoms with van der Waals surface area (Å²) in [7, 11) is 1.82. The molecule has 1 aliphatic rings. The Labute approximate surface area is 98.8 Å². The summed E-state index contributed by atoms with van der Waals surface area (Å²) in [5.41, 5.74) is 8.67. The van der Waals surface area contributed by atoms with Crippen LogP contribution in [-0.4, -0.2) is 16.6 Å². The molecule has 88 valence electrons. The minimum absolute atomic E-state index is 0.282. The Kier molecular flexibility index (Phi) is 2.01. The van der Waals surface area contributed by atoms with Crippen LogP contribution in [0.2, 0.25) is 0 Å². The average molecular weight is 231 g/mol. The first-order valence-electron chi connectivity index (χ1n) is 5.36. The highest BCUT2D eigenvalue weighted by Gasteiger charge is 2.19. The standard InChI is InChI=1S/C12H13N3O2/c1-7-8(9-5-11(13)15(2)14-9)3-4-10-12(7)17-6-16-10/h3-5H,6,13H2,1-2H3. The first kappa shape index (κ1) is 10.0. The van der Waals surface area contributed by atoms with Crippen LogP contribution in [0.3, 0.4) is 0 Å². The molecule has 1 aromatic heterocycles. The van der Waals surface area contributed by atoms with Gasteiger partial charge >= 0.3 is 0 Å². The van der Waals surface area contributed by atoms with Crippen LogP contribution in [-0.2, 0) is 7.05 Å². The van der Waals surface area contributed by atoms with Crippen LogP contribution >= 0.6 is 0 Å². The fourth-order valence-electron chi connectivity index (χ4n) is 2.00. The maximum Gasteiger partial charge on any atom is 0.231 e. The quantitative estimate of drug-likeness (QED) is 0.811. The van der Waals surface area contributed by atoms with Crippen LogP contribution < -0.4 is 15.2 Å². The van der Waals surface area contributed by atoms with E-state index < -0.39 is 0 Å². The Bertz CT molecular complexity index is 570. The summed E-state index contributed by atoms with van der Waals surface area (Å²) in [5.74, 6) is 2.22. The van der Waals surface area contributed by atoms with Gasteiger partial charge in [0.25, 0.3) is 0 Å². The Morgan fingerprint density at radius 1 is 1.35 bits per heavy atom. The van der Waals surface area contributed by atoms with Gasteiger partial charge in [-0.2, -0.15) is 5.10 Å². The number of rotatable bonds is 1. The fraction of sp³-hybridized carbons (Fsp3) is 0.250. The van der Waals surface area contributed by atoms with Gasteiger partial charge in [0.1, 0.15) is 5.82 Å². The number of aryl methyl sites for hydroxylation is 1. The molecule has 2 aromatic rings. The Morgan fingerprint density at radius 3 is 2.88 bits per heavy atom. The molecule has 0 unspecified atom stereocenters. The third-order valence-corrected chi connectivity index (χ3v) is 2.98. The van der Waals surface area contributed by atoms with Gasteiger partial charge in [0.15, 0.2) is 11.5 Å². The highest BCUT2D eigenvalue weighted by atomic mass is 16.7. The van der Waals surface area contributed by atoms with Crippen molar-refractivity contribution in [3.63, 3.8) is 0 Å². The summed E-state index contributed by atoms with van der Waals surface area (Å²) in [6.45, 7) is 2.28. The number of hydrogen-bond acceptors (Lipinski definition) is 4. The molecule has 0 fully saturated rings. The number of benzene rings is 1. The third-order valence-electron chi connectivity index (χ3n) is 2.98.